The molecule has 1 N–H and O–H groups in total. The van der Waals surface area contributed by atoms with Gasteiger partial charge in [0.1, 0.15) is 0 Å². The summed E-state index contributed by atoms with van der Waals surface area (Å²) in [6, 6.07) is 5.71. The van der Waals surface area contributed by atoms with E-state index in [1.54, 1.807) is 6.20 Å². The maximum absolute atomic E-state index is 9.48. The molecule has 3 nitrogen and oxygen atoms in total. The summed E-state index contributed by atoms with van der Waals surface area (Å²) in [6.45, 7) is 1.01. The minimum Gasteiger partial charge on any atom is -0.390 e. The molecule has 0 amide bonds. The van der Waals surface area contributed by atoms with Crippen LogP contribution in [0.4, 0.5) is 0 Å². The van der Waals surface area contributed by atoms with Gasteiger partial charge in [0.15, 0.2) is 0 Å². The average Bonchev–Trinajstić information content (AvgIpc) is 2.53. The first kappa shape index (κ1) is 7.71. The minimum absolute atomic E-state index is 0.0613. The van der Waals surface area contributed by atoms with Gasteiger partial charge in [0.2, 0.25) is 0 Å². The quantitative estimate of drug-likeness (QED) is 0.661. The molecule has 1 aliphatic rings. The lowest BCUT2D eigenvalue weighted by molar-refractivity contribution is 0.124. The zero-order chi connectivity index (χ0) is 8.39. The Morgan fingerprint density at radius 2 is 2.33 bits per heavy atom. The van der Waals surface area contributed by atoms with Crippen molar-refractivity contribution in [3.63, 3.8) is 0 Å². The second kappa shape index (κ2) is 3.21. The van der Waals surface area contributed by atoms with E-state index < -0.39 is 0 Å². The SMILES string of the molecule is OC1COCC1c1ccccn1. The van der Waals surface area contributed by atoms with Crippen LogP contribution >= 0.6 is 0 Å². The van der Waals surface area contributed by atoms with Gasteiger partial charge in [-0.1, -0.05) is 6.07 Å². The first-order valence-corrected chi connectivity index (χ1v) is 4.04. The van der Waals surface area contributed by atoms with Crippen LogP contribution in [-0.4, -0.2) is 29.4 Å². The first-order chi connectivity index (χ1) is 5.88. The molecular formula is C9H11NO2. The Balaban J connectivity index is 2.19. The predicted molar refractivity (Wildman–Crippen MR) is 43.8 cm³/mol. The highest BCUT2D eigenvalue weighted by atomic mass is 16.5. The highest BCUT2D eigenvalue weighted by molar-refractivity contribution is 5.12. The molecule has 2 heterocycles. The molecule has 0 bridgehead atoms. The largest absolute Gasteiger partial charge is 0.390 e. The average molecular weight is 165 g/mol. The molecule has 0 radical (unpaired) electrons. The van der Waals surface area contributed by atoms with Crippen molar-refractivity contribution >= 4 is 0 Å². The van der Waals surface area contributed by atoms with Gasteiger partial charge >= 0.3 is 0 Å². The van der Waals surface area contributed by atoms with E-state index in [-0.39, 0.29) is 12.0 Å². The van der Waals surface area contributed by atoms with Crippen LogP contribution in [0.5, 0.6) is 0 Å². The smallest absolute Gasteiger partial charge is 0.0879 e. The number of aliphatic hydroxyl groups is 1. The van der Waals surface area contributed by atoms with Crippen molar-refractivity contribution in [3.05, 3.63) is 30.1 Å². The number of hydrogen-bond acceptors (Lipinski definition) is 3. The van der Waals surface area contributed by atoms with Gasteiger partial charge in [-0.2, -0.15) is 0 Å². The zero-order valence-electron chi connectivity index (χ0n) is 6.68. The molecule has 0 saturated carbocycles. The van der Waals surface area contributed by atoms with E-state index in [9.17, 15) is 5.11 Å². The number of ether oxygens (including phenoxy) is 1. The Kier molecular flexibility index (Phi) is 2.06. The third-order valence-corrected chi connectivity index (χ3v) is 2.12. The number of aliphatic hydroxyl groups excluding tert-OH is 1. The number of nitrogens with zero attached hydrogens (tertiary/aromatic N) is 1. The molecular weight excluding hydrogens is 154 g/mol. The molecule has 0 spiro atoms. The topological polar surface area (TPSA) is 42.4 Å². The molecule has 12 heavy (non-hydrogen) atoms. The standard InChI is InChI=1S/C9H11NO2/c11-9-6-12-5-7(9)8-3-1-2-4-10-8/h1-4,7,9,11H,5-6H2. The summed E-state index contributed by atoms with van der Waals surface area (Å²) in [5.74, 6) is 0.0613. The lowest BCUT2D eigenvalue weighted by Gasteiger charge is -2.10. The molecule has 1 aliphatic heterocycles. The molecule has 64 valence electrons. The van der Waals surface area contributed by atoms with Gasteiger partial charge in [-0.15, -0.1) is 0 Å². The monoisotopic (exact) mass is 165 g/mol. The van der Waals surface area contributed by atoms with E-state index in [4.69, 9.17) is 4.74 Å². The second-order valence-electron chi connectivity index (χ2n) is 2.97. The molecule has 1 fully saturated rings. The first-order valence-electron chi connectivity index (χ1n) is 4.04. The molecule has 2 unspecified atom stereocenters. The van der Waals surface area contributed by atoms with Crippen molar-refractivity contribution in [1.29, 1.82) is 0 Å². The van der Waals surface area contributed by atoms with Crippen molar-refractivity contribution in [2.45, 2.75) is 12.0 Å². The van der Waals surface area contributed by atoms with Gasteiger partial charge in [-0.3, -0.25) is 4.98 Å². The van der Waals surface area contributed by atoms with Crippen molar-refractivity contribution < 1.29 is 9.84 Å². The van der Waals surface area contributed by atoms with Crippen LogP contribution < -0.4 is 0 Å². The summed E-state index contributed by atoms with van der Waals surface area (Å²) >= 11 is 0. The molecule has 2 atom stereocenters. The fourth-order valence-corrected chi connectivity index (χ4v) is 1.42. The van der Waals surface area contributed by atoms with E-state index in [1.165, 1.54) is 0 Å². The van der Waals surface area contributed by atoms with Gasteiger partial charge in [-0.05, 0) is 12.1 Å². The van der Waals surface area contributed by atoms with Crippen LogP contribution in [-0.2, 0) is 4.74 Å². The number of aromatic nitrogens is 1. The van der Waals surface area contributed by atoms with Crippen molar-refractivity contribution in [1.82, 2.24) is 4.98 Å². The predicted octanol–water partition coefficient (Wildman–Crippen LogP) is 0.556. The molecule has 3 heteroatoms. The number of hydrogen-bond donors (Lipinski definition) is 1. The van der Waals surface area contributed by atoms with Crippen molar-refractivity contribution in [2.75, 3.05) is 13.2 Å². The summed E-state index contributed by atoms with van der Waals surface area (Å²) in [7, 11) is 0. The molecule has 0 aliphatic carbocycles. The maximum atomic E-state index is 9.48. The van der Waals surface area contributed by atoms with E-state index in [0.717, 1.165) is 5.69 Å². The van der Waals surface area contributed by atoms with Crippen LogP contribution in [0.15, 0.2) is 24.4 Å². The van der Waals surface area contributed by atoms with Crippen LogP contribution in [0.3, 0.4) is 0 Å². The fraction of sp³-hybridized carbons (Fsp3) is 0.444. The maximum Gasteiger partial charge on any atom is 0.0879 e. The van der Waals surface area contributed by atoms with Gasteiger partial charge in [0, 0.05) is 11.9 Å². The highest BCUT2D eigenvalue weighted by Gasteiger charge is 2.28. The summed E-state index contributed by atoms with van der Waals surface area (Å²) in [5.41, 5.74) is 0.919. The Hall–Kier alpha value is -0.930. The van der Waals surface area contributed by atoms with Crippen LogP contribution in [0.25, 0.3) is 0 Å². The van der Waals surface area contributed by atoms with Gasteiger partial charge in [0.25, 0.3) is 0 Å². The minimum atomic E-state index is -0.389. The van der Waals surface area contributed by atoms with Crippen LogP contribution in [0.2, 0.25) is 0 Å². The van der Waals surface area contributed by atoms with Crippen molar-refractivity contribution in [2.24, 2.45) is 0 Å². The molecule has 1 aromatic heterocycles. The van der Waals surface area contributed by atoms with E-state index in [2.05, 4.69) is 4.98 Å². The fourth-order valence-electron chi connectivity index (χ4n) is 1.42. The van der Waals surface area contributed by atoms with Crippen LogP contribution in [0.1, 0.15) is 11.6 Å². The Morgan fingerprint density at radius 1 is 1.42 bits per heavy atom. The van der Waals surface area contributed by atoms with Crippen LogP contribution in [0, 0.1) is 0 Å². The van der Waals surface area contributed by atoms with E-state index in [0.29, 0.717) is 13.2 Å². The van der Waals surface area contributed by atoms with E-state index in [1.807, 2.05) is 18.2 Å². The van der Waals surface area contributed by atoms with Gasteiger partial charge in [-0.25, -0.2) is 0 Å². The second-order valence-corrected chi connectivity index (χ2v) is 2.97. The zero-order valence-corrected chi connectivity index (χ0v) is 6.68. The Labute approximate surface area is 71.0 Å². The van der Waals surface area contributed by atoms with Gasteiger partial charge < -0.3 is 9.84 Å². The lowest BCUT2D eigenvalue weighted by Crippen LogP contribution is -2.16. The van der Waals surface area contributed by atoms with Crippen molar-refractivity contribution in [3.8, 4) is 0 Å². The third-order valence-electron chi connectivity index (χ3n) is 2.12. The number of pyridine rings is 1. The Bertz CT molecular complexity index is 250. The summed E-state index contributed by atoms with van der Waals surface area (Å²) in [5, 5.41) is 9.48. The summed E-state index contributed by atoms with van der Waals surface area (Å²) in [6.07, 6.45) is 1.35. The summed E-state index contributed by atoms with van der Waals surface area (Å²) < 4.78 is 5.13. The van der Waals surface area contributed by atoms with Gasteiger partial charge in [0.05, 0.1) is 25.2 Å². The Morgan fingerprint density at radius 3 is 2.92 bits per heavy atom. The third kappa shape index (κ3) is 1.33. The van der Waals surface area contributed by atoms with E-state index >= 15 is 0 Å². The lowest BCUT2D eigenvalue weighted by atomic mass is 10.0. The molecule has 2 rings (SSSR count). The molecule has 1 aromatic rings. The number of rotatable bonds is 1. The molecule has 0 aromatic carbocycles. The highest BCUT2D eigenvalue weighted by Crippen LogP contribution is 2.23. The summed E-state index contributed by atoms with van der Waals surface area (Å²) in [4.78, 5) is 4.17. The normalized spacial score (nSPS) is 29.1. The molecule has 1 saturated heterocycles.